The van der Waals surface area contributed by atoms with Gasteiger partial charge in [-0.2, -0.15) is 0 Å². The summed E-state index contributed by atoms with van der Waals surface area (Å²) in [6.07, 6.45) is 0. The van der Waals surface area contributed by atoms with E-state index in [4.69, 9.17) is 16.7 Å². The molecule has 2 aromatic rings. The van der Waals surface area contributed by atoms with Gasteiger partial charge in [0.05, 0.1) is 16.1 Å². The van der Waals surface area contributed by atoms with Gasteiger partial charge in [0.25, 0.3) is 5.91 Å². The zero-order valence-corrected chi connectivity index (χ0v) is 13.3. The Morgan fingerprint density at radius 1 is 1.19 bits per heavy atom. The predicted molar refractivity (Wildman–Crippen MR) is 85.2 cm³/mol. The number of benzene rings is 2. The van der Waals surface area contributed by atoms with Gasteiger partial charge in [-0.15, -0.1) is 0 Å². The summed E-state index contributed by atoms with van der Waals surface area (Å²) in [6, 6.07) is 9.64. The second-order valence-corrected chi connectivity index (χ2v) is 5.68. The molecule has 0 saturated carbocycles. The van der Waals surface area contributed by atoms with Crippen molar-refractivity contribution in [1.82, 2.24) is 0 Å². The highest BCUT2D eigenvalue weighted by Crippen LogP contribution is 2.24. The Labute approximate surface area is 134 Å². The molecular formula is C15H11BrClNO3. The van der Waals surface area contributed by atoms with E-state index in [9.17, 15) is 9.59 Å². The Hall–Kier alpha value is -1.85. The molecule has 1 amide bonds. The summed E-state index contributed by atoms with van der Waals surface area (Å²) in [5.74, 6) is -1.43. The zero-order chi connectivity index (χ0) is 15.6. The first-order valence-corrected chi connectivity index (χ1v) is 7.16. The van der Waals surface area contributed by atoms with Gasteiger partial charge in [-0.3, -0.25) is 4.79 Å². The van der Waals surface area contributed by atoms with E-state index in [1.165, 1.54) is 6.07 Å². The Kier molecular flexibility index (Phi) is 4.65. The van der Waals surface area contributed by atoms with Crippen LogP contribution in [0.3, 0.4) is 0 Å². The SMILES string of the molecule is Cc1c(NC(=O)c2ccc(Br)cc2Cl)cccc1C(=O)O. The maximum absolute atomic E-state index is 12.2. The molecule has 2 rings (SSSR count). The van der Waals surface area contributed by atoms with Gasteiger partial charge in [0.2, 0.25) is 0 Å². The van der Waals surface area contributed by atoms with Gasteiger partial charge in [0.1, 0.15) is 0 Å². The fourth-order valence-electron chi connectivity index (χ4n) is 1.87. The lowest BCUT2D eigenvalue weighted by atomic mass is 10.1. The van der Waals surface area contributed by atoms with Crippen LogP contribution in [0, 0.1) is 6.92 Å². The maximum Gasteiger partial charge on any atom is 0.336 e. The van der Waals surface area contributed by atoms with E-state index in [0.29, 0.717) is 21.8 Å². The van der Waals surface area contributed by atoms with Gasteiger partial charge in [0.15, 0.2) is 0 Å². The largest absolute Gasteiger partial charge is 0.478 e. The lowest BCUT2D eigenvalue weighted by Crippen LogP contribution is -2.14. The fourth-order valence-corrected chi connectivity index (χ4v) is 2.63. The number of hydrogen-bond donors (Lipinski definition) is 2. The fraction of sp³-hybridized carbons (Fsp3) is 0.0667. The van der Waals surface area contributed by atoms with E-state index in [0.717, 1.165) is 4.47 Å². The third-order valence-corrected chi connectivity index (χ3v) is 3.79. The Morgan fingerprint density at radius 3 is 2.52 bits per heavy atom. The molecule has 0 bridgehead atoms. The summed E-state index contributed by atoms with van der Waals surface area (Å²) in [4.78, 5) is 23.3. The molecule has 4 nitrogen and oxygen atoms in total. The molecule has 21 heavy (non-hydrogen) atoms. The third-order valence-electron chi connectivity index (χ3n) is 2.99. The van der Waals surface area contributed by atoms with Crippen molar-refractivity contribution in [1.29, 1.82) is 0 Å². The highest BCUT2D eigenvalue weighted by atomic mass is 79.9. The molecule has 0 aliphatic carbocycles. The lowest BCUT2D eigenvalue weighted by molar-refractivity contribution is 0.0695. The van der Waals surface area contributed by atoms with Crippen molar-refractivity contribution >= 4 is 45.1 Å². The minimum atomic E-state index is -1.04. The molecule has 0 heterocycles. The summed E-state index contributed by atoms with van der Waals surface area (Å²) in [7, 11) is 0. The topological polar surface area (TPSA) is 66.4 Å². The van der Waals surface area contributed by atoms with Crippen molar-refractivity contribution in [2.45, 2.75) is 6.92 Å². The number of hydrogen-bond acceptors (Lipinski definition) is 2. The van der Waals surface area contributed by atoms with Crippen LogP contribution in [0.4, 0.5) is 5.69 Å². The van der Waals surface area contributed by atoms with Crippen LogP contribution in [0.2, 0.25) is 5.02 Å². The summed E-state index contributed by atoms with van der Waals surface area (Å²) < 4.78 is 0.771. The van der Waals surface area contributed by atoms with Crippen LogP contribution in [0.15, 0.2) is 40.9 Å². The quantitative estimate of drug-likeness (QED) is 0.846. The minimum Gasteiger partial charge on any atom is -0.478 e. The number of carbonyl (C=O) groups is 2. The Morgan fingerprint density at radius 2 is 1.90 bits per heavy atom. The normalized spacial score (nSPS) is 10.2. The molecule has 0 aliphatic heterocycles. The van der Waals surface area contributed by atoms with Crippen LogP contribution in [0.5, 0.6) is 0 Å². The highest BCUT2D eigenvalue weighted by Gasteiger charge is 2.15. The molecule has 0 aliphatic rings. The van der Waals surface area contributed by atoms with E-state index in [1.807, 2.05) is 0 Å². The van der Waals surface area contributed by atoms with E-state index in [-0.39, 0.29) is 5.56 Å². The Bertz CT molecular complexity index is 731. The first-order chi connectivity index (χ1) is 9.90. The van der Waals surface area contributed by atoms with Crippen LogP contribution < -0.4 is 5.32 Å². The molecule has 0 atom stereocenters. The van der Waals surface area contributed by atoms with Crippen molar-refractivity contribution in [2.24, 2.45) is 0 Å². The zero-order valence-electron chi connectivity index (χ0n) is 11.0. The summed E-state index contributed by atoms with van der Waals surface area (Å²) in [6.45, 7) is 1.64. The number of anilines is 1. The average molecular weight is 369 g/mol. The van der Waals surface area contributed by atoms with Crippen molar-refractivity contribution in [3.8, 4) is 0 Å². The van der Waals surface area contributed by atoms with Crippen molar-refractivity contribution < 1.29 is 14.7 Å². The number of amides is 1. The number of nitrogens with one attached hydrogen (secondary N) is 1. The molecule has 0 unspecified atom stereocenters. The summed E-state index contributed by atoms with van der Waals surface area (Å²) in [5.41, 5.74) is 1.40. The lowest BCUT2D eigenvalue weighted by Gasteiger charge is -2.11. The summed E-state index contributed by atoms with van der Waals surface area (Å²) >= 11 is 9.30. The Balaban J connectivity index is 2.32. The molecule has 0 spiro atoms. The number of carboxylic acids is 1. The standard InChI is InChI=1S/C15H11BrClNO3/c1-8-10(15(20)21)3-2-4-13(8)18-14(19)11-6-5-9(16)7-12(11)17/h2-7H,1H3,(H,18,19)(H,20,21). The van der Waals surface area contributed by atoms with Gasteiger partial charge < -0.3 is 10.4 Å². The number of aromatic carboxylic acids is 1. The second kappa shape index (κ2) is 6.28. The first kappa shape index (κ1) is 15.5. The van der Waals surface area contributed by atoms with Crippen molar-refractivity contribution in [2.75, 3.05) is 5.32 Å². The number of halogens is 2. The van der Waals surface area contributed by atoms with Gasteiger partial charge >= 0.3 is 5.97 Å². The van der Waals surface area contributed by atoms with Crippen LogP contribution in [-0.4, -0.2) is 17.0 Å². The van der Waals surface area contributed by atoms with Gasteiger partial charge in [0, 0.05) is 10.2 Å². The van der Waals surface area contributed by atoms with Crippen LogP contribution in [-0.2, 0) is 0 Å². The molecular weight excluding hydrogens is 358 g/mol. The minimum absolute atomic E-state index is 0.148. The third kappa shape index (κ3) is 3.43. The number of rotatable bonds is 3. The van der Waals surface area contributed by atoms with E-state index < -0.39 is 11.9 Å². The van der Waals surface area contributed by atoms with Crippen LogP contribution >= 0.6 is 27.5 Å². The smallest absolute Gasteiger partial charge is 0.336 e. The average Bonchev–Trinajstić information content (AvgIpc) is 2.40. The van der Waals surface area contributed by atoms with Gasteiger partial charge in [-0.25, -0.2) is 4.79 Å². The van der Waals surface area contributed by atoms with E-state index in [2.05, 4.69) is 21.2 Å². The number of carbonyl (C=O) groups excluding carboxylic acids is 1. The first-order valence-electron chi connectivity index (χ1n) is 5.99. The molecule has 6 heteroatoms. The van der Waals surface area contributed by atoms with E-state index >= 15 is 0 Å². The van der Waals surface area contributed by atoms with Crippen LogP contribution in [0.1, 0.15) is 26.3 Å². The molecule has 108 valence electrons. The molecule has 2 N–H and O–H groups in total. The monoisotopic (exact) mass is 367 g/mol. The highest BCUT2D eigenvalue weighted by molar-refractivity contribution is 9.10. The molecule has 0 radical (unpaired) electrons. The second-order valence-electron chi connectivity index (χ2n) is 4.36. The number of carboxylic acid groups (broad SMARTS) is 1. The van der Waals surface area contributed by atoms with E-state index in [1.54, 1.807) is 37.3 Å². The van der Waals surface area contributed by atoms with Gasteiger partial charge in [-0.05, 0) is 42.8 Å². The van der Waals surface area contributed by atoms with Crippen molar-refractivity contribution in [3.05, 3.63) is 62.6 Å². The molecule has 0 aromatic heterocycles. The van der Waals surface area contributed by atoms with Crippen molar-refractivity contribution in [3.63, 3.8) is 0 Å². The predicted octanol–water partition coefficient (Wildman–Crippen LogP) is 4.36. The summed E-state index contributed by atoms with van der Waals surface area (Å²) in [5, 5.41) is 12.1. The molecule has 0 fully saturated rings. The molecule has 0 saturated heterocycles. The molecule has 2 aromatic carbocycles. The van der Waals surface area contributed by atoms with Crippen LogP contribution in [0.25, 0.3) is 0 Å². The maximum atomic E-state index is 12.2. The van der Waals surface area contributed by atoms with Gasteiger partial charge in [-0.1, -0.05) is 33.6 Å².